The normalized spacial score (nSPS) is 26.9. The molecule has 88 valence electrons. The Labute approximate surface area is 98.2 Å². The molecule has 2 rings (SSSR count). The molecule has 1 heterocycles. The molecule has 2 heteroatoms. The van der Waals surface area contributed by atoms with Gasteiger partial charge in [-0.3, -0.25) is 4.90 Å². The molecule has 2 atom stereocenters. The molecule has 1 aliphatic heterocycles. The van der Waals surface area contributed by atoms with Gasteiger partial charge < -0.3 is 4.74 Å². The van der Waals surface area contributed by atoms with Crippen LogP contribution in [0.3, 0.4) is 0 Å². The van der Waals surface area contributed by atoms with Gasteiger partial charge in [0.1, 0.15) is 0 Å². The van der Waals surface area contributed by atoms with Gasteiger partial charge in [-0.2, -0.15) is 0 Å². The summed E-state index contributed by atoms with van der Waals surface area (Å²) in [5.74, 6) is 0. The van der Waals surface area contributed by atoms with Gasteiger partial charge in [0.25, 0.3) is 0 Å². The number of rotatable bonds is 2. The Morgan fingerprint density at radius 2 is 1.69 bits per heavy atom. The topological polar surface area (TPSA) is 12.5 Å². The van der Waals surface area contributed by atoms with Crippen molar-refractivity contribution in [3.05, 3.63) is 35.4 Å². The van der Waals surface area contributed by atoms with E-state index in [1.807, 2.05) is 0 Å². The van der Waals surface area contributed by atoms with Crippen LogP contribution in [0.1, 0.15) is 25.0 Å². The monoisotopic (exact) mass is 219 g/mol. The molecular weight excluding hydrogens is 198 g/mol. The third-order valence-corrected chi connectivity index (χ3v) is 3.34. The number of benzene rings is 1. The van der Waals surface area contributed by atoms with Crippen LogP contribution in [-0.2, 0) is 11.3 Å². The Hall–Kier alpha value is -0.860. The average molecular weight is 219 g/mol. The van der Waals surface area contributed by atoms with Crippen molar-refractivity contribution in [2.45, 2.75) is 39.4 Å². The Morgan fingerprint density at radius 1 is 1.12 bits per heavy atom. The maximum Gasteiger partial charge on any atom is 0.0620 e. The van der Waals surface area contributed by atoms with Crippen molar-refractivity contribution in [1.29, 1.82) is 0 Å². The Bertz CT molecular complexity index is 323. The van der Waals surface area contributed by atoms with Crippen LogP contribution in [0.25, 0.3) is 0 Å². The van der Waals surface area contributed by atoms with Gasteiger partial charge in [-0.25, -0.2) is 0 Å². The lowest BCUT2D eigenvalue weighted by Crippen LogP contribution is -2.48. The van der Waals surface area contributed by atoms with Gasteiger partial charge in [-0.05, 0) is 26.3 Å². The van der Waals surface area contributed by atoms with Crippen molar-refractivity contribution in [2.24, 2.45) is 0 Å². The number of hydrogen-bond donors (Lipinski definition) is 0. The summed E-state index contributed by atoms with van der Waals surface area (Å²) in [6.45, 7) is 9.36. The highest BCUT2D eigenvalue weighted by Gasteiger charge is 2.24. The molecule has 0 spiro atoms. The van der Waals surface area contributed by atoms with E-state index >= 15 is 0 Å². The second kappa shape index (κ2) is 4.98. The van der Waals surface area contributed by atoms with Crippen molar-refractivity contribution in [2.75, 3.05) is 13.2 Å². The van der Waals surface area contributed by atoms with Gasteiger partial charge in [-0.1, -0.05) is 29.8 Å². The third-order valence-electron chi connectivity index (χ3n) is 3.34. The highest BCUT2D eigenvalue weighted by molar-refractivity contribution is 5.21. The van der Waals surface area contributed by atoms with E-state index in [1.54, 1.807) is 0 Å². The predicted octanol–water partition coefficient (Wildman–Crippen LogP) is 2.60. The van der Waals surface area contributed by atoms with E-state index < -0.39 is 0 Å². The van der Waals surface area contributed by atoms with Crippen LogP contribution in [0.5, 0.6) is 0 Å². The summed E-state index contributed by atoms with van der Waals surface area (Å²) in [5.41, 5.74) is 2.72. The fourth-order valence-corrected chi connectivity index (χ4v) is 2.25. The molecular formula is C14H21NO. The molecule has 0 aliphatic carbocycles. The Balaban J connectivity index is 2.04. The first kappa shape index (κ1) is 11.6. The van der Waals surface area contributed by atoms with E-state index in [2.05, 4.69) is 49.9 Å². The fraction of sp³-hybridized carbons (Fsp3) is 0.571. The molecule has 0 N–H and O–H groups in total. The van der Waals surface area contributed by atoms with Gasteiger partial charge in [-0.15, -0.1) is 0 Å². The SMILES string of the molecule is Cc1ccc(CN2C(C)COCC2C)cc1. The quantitative estimate of drug-likeness (QED) is 0.758. The van der Waals surface area contributed by atoms with Crippen LogP contribution < -0.4 is 0 Å². The van der Waals surface area contributed by atoms with Crippen molar-refractivity contribution >= 4 is 0 Å². The van der Waals surface area contributed by atoms with Crippen LogP contribution >= 0.6 is 0 Å². The smallest absolute Gasteiger partial charge is 0.0620 e. The van der Waals surface area contributed by atoms with Crippen LogP contribution in [0.15, 0.2) is 24.3 Å². The highest BCUT2D eigenvalue weighted by Crippen LogP contribution is 2.17. The molecule has 0 amide bonds. The van der Waals surface area contributed by atoms with E-state index in [9.17, 15) is 0 Å². The van der Waals surface area contributed by atoms with Crippen LogP contribution in [-0.4, -0.2) is 30.2 Å². The Kier molecular flexibility index (Phi) is 3.62. The first-order valence-electron chi connectivity index (χ1n) is 6.06. The van der Waals surface area contributed by atoms with E-state index in [4.69, 9.17) is 4.74 Å². The lowest BCUT2D eigenvalue weighted by atomic mass is 10.1. The summed E-state index contributed by atoms with van der Waals surface area (Å²) < 4.78 is 5.54. The summed E-state index contributed by atoms with van der Waals surface area (Å²) in [7, 11) is 0. The highest BCUT2D eigenvalue weighted by atomic mass is 16.5. The number of nitrogens with zero attached hydrogens (tertiary/aromatic N) is 1. The van der Waals surface area contributed by atoms with Gasteiger partial charge in [0.05, 0.1) is 13.2 Å². The molecule has 0 aromatic heterocycles. The molecule has 1 aromatic rings. The minimum Gasteiger partial charge on any atom is -0.378 e. The van der Waals surface area contributed by atoms with E-state index in [0.717, 1.165) is 19.8 Å². The molecule has 2 nitrogen and oxygen atoms in total. The largest absolute Gasteiger partial charge is 0.378 e. The zero-order chi connectivity index (χ0) is 11.5. The lowest BCUT2D eigenvalue weighted by molar-refractivity contribution is -0.0409. The fourth-order valence-electron chi connectivity index (χ4n) is 2.25. The second-order valence-corrected chi connectivity index (χ2v) is 4.89. The van der Waals surface area contributed by atoms with Gasteiger partial charge in [0, 0.05) is 18.6 Å². The molecule has 2 unspecified atom stereocenters. The number of ether oxygens (including phenoxy) is 1. The molecule has 0 bridgehead atoms. The zero-order valence-corrected chi connectivity index (χ0v) is 10.4. The zero-order valence-electron chi connectivity index (χ0n) is 10.4. The maximum atomic E-state index is 5.54. The van der Waals surface area contributed by atoms with Crippen LogP contribution in [0.2, 0.25) is 0 Å². The summed E-state index contributed by atoms with van der Waals surface area (Å²) in [4.78, 5) is 2.52. The molecule has 1 aliphatic rings. The number of morpholine rings is 1. The van der Waals surface area contributed by atoms with Gasteiger partial charge in [0.2, 0.25) is 0 Å². The molecule has 1 fully saturated rings. The van der Waals surface area contributed by atoms with Gasteiger partial charge >= 0.3 is 0 Å². The minimum absolute atomic E-state index is 0.519. The average Bonchev–Trinajstić information content (AvgIpc) is 2.26. The van der Waals surface area contributed by atoms with E-state index in [1.165, 1.54) is 11.1 Å². The maximum absolute atomic E-state index is 5.54. The molecule has 1 aromatic carbocycles. The summed E-state index contributed by atoms with van der Waals surface area (Å²) >= 11 is 0. The molecule has 0 radical (unpaired) electrons. The number of hydrogen-bond acceptors (Lipinski definition) is 2. The predicted molar refractivity (Wildman–Crippen MR) is 66.5 cm³/mol. The van der Waals surface area contributed by atoms with Crippen LogP contribution in [0, 0.1) is 6.92 Å². The summed E-state index contributed by atoms with van der Waals surface area (Å²) in [6.07, 6.45) is 0. The standard InChI is InChI=1S/C14H21NO/c1-11-4-6-14(7-5-11)8-15-12(2)9-16-10-13(15)3/h4-7,12-13H,8-10H2,1-3H3. The number of aryl methyl sites for hydroxylation is 1. The first-order chi connectivity index (χ1) is 7.66. The third kappa shape index (κ3) is 2.63. The van der Waals surface area contributed by atoms with Crippen molar-refractivity contribution in [1.82, 2.24) is 4.90 Å². The molecule has 0 saturated carbocycles. The van der Waals surface area contributed by atoms with Crippen molar-refractivity contribution in [3.8, 4) is 0 Å². The molecule has 16 heavy (non-hydrogen) atoms. The lowest BCUT2D eigenvalue weighted by Gasteiger charge is -2.38. The van der Waals surface area contributed by atoms with Crippen molar-refractivity contribution in [3.63, 3.8) is 0 Å². The van der Waals surface area contributed by atoms with Crippen LogP contribution in [0.4, 0.5) is 0 Å². The van der Waals surface area contributed by atoms with Crippen molar-refractivity contribution < 1.29 is 4.74 Å². The van der Waals surface area contributed by atoms with E-state index in [0.29, 0.717) is 12.1 Å². The van der Waals surface area contributed by atoms with Gasteiger partial charge in [0.15, 0.2) is 0 Å². The molecule has 1 saturated heterocycles. The second-order valence-electron chi connectivity index (χ2n) is 4.89. The van der Waals surface area contributed by atoms with E-state index in [-0.39, 0.29) is 0 Å². The first-order valence-corrected chi connectivity index (χ1v) is 6.06. The Morgan fingerprint density at radius 3 is 2.25 bits per heavy atom. The summed E-state index contributed by atoms with van der Waals surface area (Å²) in [5, 5.41) is 0. The minimum atomic E-state index is 0.519. The summed E-state index contributed by atoms with van der Waals surface area (Å²) in [6, 6.07) is 9.86.